The van der Waals surface area contributed by atoms with Gasteiger partial charge in [-0.05, 0) is 18.6 Å². The molecule has 6 heteroatoms. The van der Waals surface area contributed by atoms with Gasteiger partial charge in [0.1, 0.15) is 13.2 Å². The summed E-state index contributed by atoms with van der Waals surface area (Å²) in [6.45, 7) is 2.64. The highest BCUT2D eigenvalue weighted by atomic mass is 16.6. The van der Waals surface area contributed by atoms with Gasteiger partial charge in [0, 0.05) is 6.42 Å². The molecular formula is C14H16O6. The van der Waals surface area contributed by atoms with Crippen LogP contribution in [0.2, 0.25) is 0 Å². The molecule has 0 fully saturated rings. The fourth-order valence-corrected chi connectivity index (χ4v) is 2.03. The largest absolute Gasteiger partial charge is 0.486 e. The Bertz CT molecular complexity index is 510. The number of para-hydroxylation sites is 1. The molecule has 0 radical (unpaired) electrons. The summed E-state index contributed by atoms with van der Waals surface area (Å²) in [6.07, 6.45) is 0.0146. The number of carboxylic acids is 1. The Labute approximate surface area is 116 Å². The fourth-order valence-electron chi connectivity index (χ4n) is 2.03. The average molecular weight is 280 g/mol. The van der Waals surface area contributed by atoms with Crippen molar-refractivity contribution >= 4 is 11.9 Å². The van der Waals surface area contributed by atoms with Crippen molar-refractivity contribution in [2.45, 2.75) is 13.3 Å². The normalized spacial score (nSPS) is 14.4. The molecule has 1 aromatic carbocycles. The van der Waals surface area contributed by atoms with Gasteiger partial charge in [0.05, 0.1) is 6.61 Å². The van der Waals surface area contributed by atoms with Gasteiger partial charge in [0.2, 0.25) is 0 Å². The highest BCUT2D eigenvalue weighted by Crippen LogP contribution is 2.35. The monoisotopic (exact) mass is 280 g/mol. The van der Waals surface area contributed by atoms with Crippen molar-refractivity contribution in [1.82, 2.24) is 0 Å². The van der Waals surface area contributed by atoms with Crippen molar-refractivity contribution in [3.63, 3.8) is 0 Å². The molecule has 108 valence electrons. The summed E-state index contributed by atoms with van der Waals surface area (Å²) < 4.78 is 15.7. The first-order valence-electron chi connectivity index (χ1n) is 6.40. The third-order valence-electron chi connectivity index (χ3n) is 2.94. The molecule has 0 saturated carbocycles. The molecular weight excluding hydrogens is 264 g/mol. The second kappa shape index (κ2) is 6.27. The SMILES string of the molecule is CCOC(=O)C(Cc1cccc2c1OCCO2)C(=O)O. The smallest absolute Gasteiger partial charge is 0.320 e. The van der Waals surface area contributed by atoms with Crippen LogP contribution in [-0.4, -0.2) is 36.9 Å². The number of benzene rings is 1. The van der Waals surface area contributed by atoms with Crippen molar-refractivity contribution in [3.05, 3.63) is 23.8 Å². The molecule has 1 aliphatic rings. The van der Waals surface area contributed by atoms with Crippen LogP contribution in [0.1, 0.15) is 12.5 Å². The van der Waals surface area contributed by atoms with Gasteiger partial charge in [-0.25, -0.2) is 0 Å². The van der Waals surface area contributed by atoms with E-state index in [0.29, 0.717) is 30.3 Å². The van der Waals surface area contributed by atoms with Gasteiger partial charge >= 0.3 is 11.9 Å². The molecule has 0 saturated heterocycles. The molecule has 0 aliphatic carbocycles. The second-order valence-corrected chi connectivity index (χ2v) is 4.29. The first-order chi connectivity index (χ1) is 9.63. The quantitative estimate of drug-likeness (QED) is 0.646. The number of hydrogen-bond donors (Lipinski definition) is 1. The van der Waals surface area contributed by atoms with E-state index in [0.717, 1.165) is 0 Å². The number of aliphatic carboxylic acids is 1. The predicted octanol–water partition coefficient (Wildman–Crippen LogP) is 1.26. The van der Waals surface area contributed by atoms with E-state index < -0.39 is 17.9 Å². The van der Waals surface area contributed by atoms with E-state index in [1.165, 1.54) is 0 Å². The lowest BCUT2D eigenvalue weighted by atomic mass is 9.98. The number of hydrogen-bond acceptors (Lipinski definition) is 5. The number of carbonyl (C=O) groups excluding carboxylic acids is 1. The van der Waals surface area contributed by atoms with E-state index in [1.807, 2.05) is 0 Å². The maximum atomic E-state index is 11.7. The van der Waals surface area contributed by atoms with Crippen LogP contribution in [0.15, 0.2) is 18.2 Å². The lowest BCUT2D eigenvalue weighted by molar-refractivity contribution is -0.158. The van der Waals surface area contributed by atoms with Crippen LogP contribution in [0, 0.1) is 5.92 Å². The van der Waals surface area contributed by atoms with Crippen LogP contribution in [0.4, 0.5) is 0 Å². The van der Waals surface area contributed by atoms with Crippen molar-refractivity contribution in [1.29, 1.82) is 0 Å². The Balaban J connectivity index is 2.23. The molecule has 1 aromatic rings. The molecule has 0 spiro atoms. The van der Waals surface area contributed by atoms with E-state index in [-0.39, 0.29) is 13.0 Å². The van der Waals surface area contributed by atoms with E-state index in [9.17, 15) is 9.59 Å². The van der Waals surface area contributed by atoms with Crippen molar-refractivity contribution in [2.24, 2.45) is 5.92 Å². The van der Waals surface area contributed by atoms with Crippen LogP contribution < -0.4 is 9.47 Å². The Morgan fingerprint density at radius 3 is 2.80 bits per heavy atom. The Kier molecular flexibility index (Phi) is 4.45. The topological polar surface area (TPSA) is 82.1 Å². The van der Waals surface area contributed by atoms with Gasteiger partial charge in [-0.15, -0.1) is 0 Å². The number of rotatable bonds is 5. The lowest BCUT2D eigenvalue weighted by Gasteiger charge is -2.21. The van der Waals surface area contributed by atoms with Crippen LogP contribution >= 0.6 is 0 Å². The lowest BCUT2D eigenvalue weighted by Crippen LogP contribution is -2.28. The summed E-state index contributed by atoms with van der Waals surface area (Å²) >= 11 is 0. The molecule has 1 heterocycles. The minimum Gasteiger partial charge on any atom is -0.486 e. The number of carboxylic acid groups (broad SMARTS) is 1. The molecule has 2 rings (SSSR count). The van der Waals surface area contributed by atoms with Gasteiger partial charge < -0.3 is 19.3 Å². The molecule has 1 atom stereocenters. The summed E-state index contributed by atoms with van der Waals surface area (Å²) in [5, 5.41) is 9.16. The number of carbonyl (C=O) groups is 2. The second-order valence-electron chi connectivity index (χ2n) is 4.29. The summed E-state index contributed by atoms with van der Waals surface area (Å²) in [6, 6.07) is 5.22. The van der Waals surface area contributed by atoms with Gasteiger partial charge in [-0.2, -0.15) is 0 Å². The molecule has 20 heavy (non-hydrogen) atoms. The van der Waals surface area contributed by atoms with E-state index in [2.05, 4.69) is 0 Å². The maximum absolute atomic E-state index is 11.7. The zero-order valence-corrected chi connectivity index (χ0v) is 11.1. The Morgan fingerprint density at radius 2 is 2.10 bits per heavy atom. The van der Waals surface area contributed by atoms with Crippen molar-refractivity contribution in [2.75, 3.05) is 19.8 Å². The number of ether oxygens (including phenoxy) is 3. The summed E-state index contributed by atoms with van der Waals surface area (Å²) in [5.41, 5.74) is 0.627. The fraction of sp³-hybridized carbons (Fsp3) is 0.429. The summed E-state index contributed by atoms with van der Waals surface area (Å²) in [4.78, 5) is 22.9. The zero-order chi connectivity index (χ0) is 14.5. The molecule has 1 aliphatic heterocycles. The molecule has 1 unspecified atom stereocenters. The summed E-state index contributed by atoms with van der Waals surface area (Å²) in [7, 11) is 0. The first-order valence-corrected chi connectivity index (χ1v) is 6.40. The number of fused-ring (bicyclic) bond motifs is 1. The Morgan fingerprint density at radius 1 is 1.35 bits per heavy atom. The van der Waals surface area contributed by atoms with Gasteiger partial charge in [-0.3, -0.25) is 9.59 Å². The third-order valence-corrected chi connectivity index (χ3v) is 2.94. The average Bonchev–Trinajstić information content (AvgIpc) is 2.44. The van der Waals surface area contributed by atoms with Crippen molar-refractivity contribution < 1.29 is 28.9 Å². The summed E-state index contributed by atoms with van der Waals surface area (Å²) in [5.74, 6) is -2.12. The first kappa shape index (κ1) is 14.2. The van der Waals surface area contributed by atoms with Gasteiger partial charge in [0.15, 0.2) is 17.4 Å². The molecule has 0 bridgehead atoms. The molecule has 1 N–H and O–H groups in total. The molecule has 0 aromatic heterocycles. The number of esters is 1. The predicted molar refractivity (Wildman–Crippen MR) is 68.9 cm³/mol. The van der Waals surface area contributed by atoms with E-state index in [1.54, 1.807) is 25.1 Å². The van der Waals surface area contributed by atoms with Gasteiger partial charge in [-0.1, -0.05) is 12.1 Å². The van der Waals surface area contributed by atoms with E-state index >= 15 is 0 Å². The highest BCUT2D eigenvalue weighted by molar-refractivity contribution is 5.94. The van der Waals surface area contributed by atoms with Crippen LogP contribution in [0.3, 0.4) is 0 Å². The molecule has 6 nitrogen and oxygen atoms in total. The van der Waals surface area contributed by atoms with Crippen LogP contribution in [0.25, 0.3) is 0 Å². The highest BCUT2D eigenvalue weighted by Gasteiger charge is 2.30. The van der Waals surface area contributed by atoms with Crippen molar-refractivity contribution in [3.8, 4) is 11.5 Å². The molecule has 0 amide bonds. The zero-order valence-electron chi connectivity index (χ0n) is 11.1. The van der Waals surface area contributed by atoms with Crippen LogP contribution in [-0.2, 0) is 20.7 Å². The Hall–Kier alpha value is -2.24. The minimum absolute atomic E-state index is 0.0146. The maximum Gasteiger partial charge on any atom is 0.320 e. The minimum atomic E-state index is -1.24. The van der Waals surface area contributed by atoms with Crippen LogP contribution in [0.5, 0.6) is 11.5 Å². The van der Waals surface area contributed by atoms with E-state index in [4.69, 9.17) is 19.3 Å². The van der Waals surface area contributed by atoms with Gasteiger partial charge in [0.25, 0.3) is 0 Å². The third kappa shape index (κ3) is 3.01. The standard InChI is InChI=1S/C14H16O6/c1-2-18-14(17)10(13(15)16)8-9-4-3-5-11-12(9)20-7-6-19-11/h3-5,10H,2,6-8H2,1H3,(H,15,16).